The minimum atomic E-state index is -0.758. The van der Waals surface area contributed by atoms with E-state index in [0.29, 0.717) is 21.7 Å². The van der Waals surface area contributed by atoms with Gasteiger partial charge in [0.15, 0.2) is 5.58 Å². The summed E-state index contributed by atoms with van der Waals surface area (Å²) < 4.78 is 14.8. The number of aromatic nitrogens is 1. The average Bonchev–Trinajstić information content (AvgIpc) is 2.91. The summed E-state index contributed by atoms with van der Waals surface area (Å²) in [6.45, 7) is 0.0385. The van der Waals surface area contributed by atoms with Gasteiger partial charge in [-0.1, -0.05) is 23.7 Å². The zero-order chi connectivity index (χ0) is 16.4. The molecule has 0 radical (unpaired) electrons. The Morgan fingerprint density at radius 3 is 2.91 bits per heavy atom. The number of fused-ring (bicyclic) bond motifs is 1. The summed E-state index contributed by atoms with van der Waals surface area (Å²) in [5.74, 6) is 0. The number of hydrogen-bond donors (Lipinski definition) is 1. The van der Waals surface area contributed by atoms with Crippen LogP contribution >= 0.6 is 11.6 Å². The third-order valence-electron chi connectivity index (χ3n) is 3.23. The molecule has 3 rings (SSSR count). The molecule has 0 aliphatic heterocycles. The van der Waals surface area contributed by atoms with Gasteiger partial charge in [-0.15, -0.1) is 0 Å². The first kappa shape index (κ1) is 15.2. The molecule has 0 spiro atoms. The van der Waals surface area contributed by atoms with E-state index >= 15 is 0 Å². The van der Waals surface area contributed by atoms with Gasteiger partial charge in [0.1, 0.15) is 12.1 Å². The molecule has 0 aliphatic rings. The predicted molar refractivity (Wildman–Crippen MR) is 86.1 cm³/mol. The Morgan fingerprint density at radius 2 is 2.17 bits per heavy atom. The summed E-state index contributed by atoms with van der Waals surface area (Å²) in [7, 11) is 1.25. The standard InChI is InChI=1S/C16H13ClN2O4/c1-21-16(20)22-8-9-5-12(10-3-2-4-11(17)7-10)14-13(6-9)23-15(18)19-14/h2-7H,8H2,1H3,(H2,18,19). The van der Waals surface area contributed by atoms with Crippen molar-refractivity contribution >= 4 is 34.9 Å². The number of rotatable bonds is 3. The largest absolute Gasteiger partial charge is 0.508 e. The first-order valence-electron chi connectivity index (χ1n) is 6.72. The van der Waals surface area contributed by atoms with Gasteiger partial charge in [-0.05, 0) is 35.4 Å². The number of ether oxygens (including phenoxy) is 2. The number of oxazole rings is 1. The Labute approximate surface area is 136 Å². The summed E-state index contributed by atoms with van der Waals surface area (Å²) in [6.07, 6.45) is -0.758. The number of carbonyl (C=O) groups is 1. The van der Waals surface area contributed by atoms with E-state index in [1.165, 1.54) is 7.11 Å². The second kappa shape index (κ2) is 6.18. The molecule has 0 amide bonds. The molecule has 0 atom stereocenters. The zero-order valence-corrected chi connectivity index (χ0v) is 13.0. The van der Waals surface area contributed by atoms with E-state index in [0.717, 1.165) is 11.1 Å². The molecule has 0 saturated carbocycles. The van der Waals surface area contributed by atoms with E-state index in [1.807, 2.05) is 24.3 Å². The summed E-state index contributed by atoms with van der Waals surface area (Å²) in [6, 6.07) is 11.0. The molecular formula is C16H13ClN2O4. The molecule has 3 aromatic rings. The highest BCUT2D eigenvalue weighted by atomic mass is 35.5. The predicted octanol–water partition coefficient (Wildman–Crippen LogP) is 4.01. The number of benzene rings is 2. The lowest BCUT2D eigenvalue weighted by Crippen LogP contribution is -2.04. The van der Waals surface area contributed by atoms with Crippen molar-refractivity contribution in [3.8, 4) is 11.1 Å². The summed E-state index contributed by atoms with van der Waals surface area (Å²) >= 11 is 6.06. The lowest BCUT2D eigenvalue weighted by atomic mass is 10.0. The molecular weight excluding hydrogens is 320 g/mol. The molecule has 0 bridgehead atoms. The average molecular weight is 333 g/mol. The molecule has 0 fully saturated rings. The Bertz CT molecular complexity index is 876. The fourth-order valence-electron chi connectivity index (χ4n) is 2.26. The Balaban J connectivity index is 2.09. The van der Waals surface area contributed by atoms with Crippen LogP contribution in [0.25, 0.3) is 22.2 Å². The van der Waals surface area contributed by atoms with E-state index < -0.39 is 6.16 Å². The lowest BCUT2D eigenvalue weighted by molar-refractivity contribution is 0.0669. The van der Waals surface area contributed by atoms with Gasteiger partial charge in [-0.2, -0.15) is 4.98 Å². The maximum atomic E-state index is 11.1. The van der Waals surface area contributed by atoms with Crippen LogP contribution in [-0.4, -0.2) is 18.2 Å². The maximum absolute atomic E-state index is 11.1. The first-order chi connectivity index (χ1) is 11.1. The number of nitrogen functional groups attached to an aromatic ring is 1. The van der Waals surface area contributed by atoms with Gasteiger partial charge >= 0.3 is 6.16 Å². The molecule has 2 aromatic carbocycles. The molecule has 0 saturated heterocycles. The topological polar surface area (TPSA) is 87.6 Å². The maximum Gasteiger partial charge on any atom is 0.508 e. The fourth-order valence-corrected chi connectivity index (χ4v) is 2.45. The molecule has 0 aliphatic carbocycles. The highest BCUT2D eigenvalue weighted by molar-refractivity contribution is 6.30. The van der Waals surface area contributed by atoms with Crippen LogP contribution in [0.15, 0.2) is 40.8 Å². The van der Waals surface area contributed by atoms with E-state index in [2.05, 4.69) is 9.72 Å². The molecule has 23 heavy (non-hydrogen) atoms. The summed E-state index contributed by atoms with van der Waals surface area (Å²) in [4.78, 5) is 15.3. The van der Waals surface area contributed by atoms with Crippen LogP contribution in [-0.2, 0) is 16.1 Å². The van der Waals surface area contributed by atoms with Crippen molar-refractivity contribution in [1.29, 1.82) is 0 Å². The van der Waals surface area contributed by atoms with Gasteiger partial charge in [-0.25, -0.2) is 4.79 Å². The van der Waals surface area contributed by atoms with Crippen molar-refractivity contribution < 1.29 is 18.7 Å². The zero-order valence-electron chi connectivity index (χ0n) is 12.2. The minimum Gasteiger partial charge on any atom is -0.438 e. The van der Waals surface area contributed by atoms with Gasteiger partial charge < -0.3 is 19.6 Å². The normalized spacial score (nSPS) is 10.7. The number of anilines is 1. The number of hydrogen-bond acceptors (Lipinski definition) is 6. The lowest BCUT2D eigenvalue weighted by Gasteiger charge is -2.07. The molecule has 118 valence electrons. The van der Waals surface area contributed by atoms with Crippen molar-refractivity contribution in [2.75, 3.05) is 12.8 Å². The number of halogens is 1. The van der Waals surface area contributed by atoms with Crippen molar-refractivity contribution in [2.45, 2.75) is 6.61 Å². The molecule has 2 N–H and O–H groups in total. The van der Waals surface area contributed by atoms with Gasteiger partial charge in [-0.3, -0.25) is 0 Å². The van der Waals surface area contributed by atoms with Crippen molar-refractivity contribution in [1.82, 2.24) is 4.98 Å². The Hall–Kier alpha value is -2.73. The van der Waals surface area contributed by atoms with E-state index in [-0.39, 0.29) is 12.6 Å². The van der Waals surface area contributed by atoms with Crippen LogP contribution in [0.4, 0.5) is 10.8 Å². The van der Waals surface area contributed by atoms with Crippen LogP contribution in [0, 0.1) is 0 Å². The van der Waals surface area contributed by atoms with Crippen LogP contribution in [0.2, 0.25) is 5.02 Å². The SMILES string of the molecule is COC(=O)OCc1cc(-c2cccc(Cl)c2)c2nc(N)oc2c1. The van der Waals surface area contributed by atoms with Crippen LogP contribution in [0.3, 0.4) is 0 Å². The Morgan fingerprint density at radius 1 is 1.35 bits per heavy atom. The summed E-state index contributed by atoms with van der Waals surface area (Å²) in [5, 5.41) is 0.600. The minimum absolute atomic E-state index is 0.0385. The molecule has 6 nitrogen and oxygen atoms in total. The number of methoxy groups -OCH3 is 1. The quantitative estimate of drug-likeness (QED) is 0.729. The van der Waals surface area contributed by atoms with Gasteiger partial charge in [0.05, 0.1) is 7.11 Å². The van der Waals surface area contributed by atoms with Crippen LogP contribution in [0.5, 0.6) is 0 Å². The van der Waals surface area contributed by atoms with Crippen molar-refractivity contribution in [2.24, 2.45) is 0 Å². The van der Waals surface area contributed by atoms with E-state index in [4.69, 9.17) is 26.5 Å². The van der Waals surface area contributed by atoms with Gasteiger partial charge in [0.2, 0.25) is 0 Å². The van der Waals surface area contributed by atoms with Crippen molar-refractivity contribution in [3.05, 3.63) is 47.0 Å². The summed E-state index contributed by atoms with van der Waals surface area (Å²) in [5.41, 5.74) is 9.13. The molecule has 1 aromatic heterocycles. The van der Waals surface area contributed by atoms with Gasteiger partial charge in [0.25, 0.3) is 6.01 Å². The number of nitrogens with zero attached hydrogens (tertiary/aromatic N) is 1. The second-order valence-corrected chi connectivity index (χ2v) is 5.23. The van der Waals surface area contributed by atoms with E-state index in [1.54, 1.807) is 12.1 Å². The molecule has 0 unspecified atom stereocenters. The number of carbonyl (C=O) groups excluding carboxylic acids is 1. The number of nitrogens with two attached hydrogens (primary N) is 1. The van der Waals surface area contributed by atoms with E-state index in [9.17, 15) is 4.79 Å². The second-order valence-electron chi connectivity index (χ2n) is 4.80. The highest BCUT2D eigenvalue weighted by Crippen LogP contribution is 2.32. The highest BCUT2D eigenvalue weighted by Gasteiger charge is 2.14. The first-order valence-corrected chi connectivity index (χ1v) is 7.10. The van der Waals surface area contributed by atoms with Gasteiger partial charge in [0, 0.05) is 10.6 Å². The third-order valence-corrected chi connectivity index (χ3v) is 3.47. The Kier molecular flexibility index (Phi) is 4.08. The fraction of sp³-hybridized carbons (Fsp3) is 0.125. The monoisotopic (exact) mass is 332 g/mol. The smallest absolute Gasteiger partial charge is 0.438 e. The van der Waals surface area contributed by atoms with Crippen LogP contribution < -0.4 is 5.73 Å². The van der Waals surface area contributed by atoms with Crippen LogP contribution in [0.1, 0.15) is 5.56 Å². The third kappa shape index (κ3) is 3.22. The molecule has 7 heteroatoms. The molecule has 1 heterocycles. The van der Waals surface area contributed by atoms with Crippen molar-refractivity contribution in [3.63, 3.8) is 0 Å².